The Morgan fingerprint density at radius 3 is 2.41 bits per heavy atom. The zero-order chi connectivity index (χ0) is 21.3. The number of aromatic nitrogens is 2. The van der Waals surface area contributed by atoms with Crippen LogP contribution >= 0.6 is 23.2 Å². The molecule has 2 heterocycles. The number of nitrogens with zero attached hydrogens (tertiary/aromatic N) is 4. The van der Waals surface area contributed by atoms with Gasteiger partial charge in [0.25, 0.3) is 5.56 Å². The van der Waals surface area contributed by atoms with E-state index in [1.54, 1.807) is 35.4 Å². The SMILES string of the molecule is CC1CN(C(=O)OC(C)(C)C)CCN1c1cnn(-c2ccc(Cl)cc2)c(=O)c1Cl. The fourth-order valence-electron chi connectivity index (χ4n) is 3.20. The van der Waals surface area contributed by atoms with E-state index in [0.29, 0.717) is 36.0 Å². The Balaban J connectivity index is 1.80. The fraction of sp³-hybridized carbons (Fsp3) is 0.450. The summed E-state index contributed by atoms with van der Waals surface area (Å²) in [4.78, 5) is 28.8. The van der Waals surface area contributed by atoms with Gasteiger partial charge in [-0.1, -0.05) is 23.2 Å². The van der Waals surface area contributed by atoms with E-state index in [0.717, 1.165) is 0 Å². The van der Waals surface area contributed by atoms with Crippen LogP contribution in [0.3, 0.4) is 0 Å². The predicted molar refractivity (Wildman–Crippen MR) is 114 cm³/mol. The van der Waals surface area contributed by atoms with Crippen molar-refractivity contribution in [3.05, 3.63) is 50.9 Å². The second-order valence-electron chi connectivity index (χ2n) is 8.01. The summed E-state index contributed by atoms with van der Waals surface area (Å²) in [5.41, 5.74) is 0.179. The molecule has 1 amide bonds. The minimum Gasteiger partial charge on any atom is -0.444 e. The molecule has 0 bridgehead atoms. The topological polar surface area (TPSA) is 67.7 Å². The lowest BCUT2D eigenvalue weighted by Crippen LogP contribution is -2.55. The van der Waals surface area contributed by atoms with Crippen LogP contribution in [0.15, 0.2) is 35.3 Å². The molecule has 1 unspecified atom stereocenters. The average Bonchev–Trinajstić information content (AvgIpc) is 2.64. The number of carbonyl (C=O) groups is 1. The number of hydrogen-bond acceptors (Lipinski definition) is 5. The van der Waals surface area contributed by atoms with Crippen LogP contribution in [-0.4, -0.2) is 52.1 Å². The van der Waals surface area contributed by atoms with Gasteiger partial charge in [-0.25, -0.2) is 4.79 Å². The van der Waals surface area contributed by atoms with Crippen molar-refractivity contribution in [3.63, 3.8) is 0 Å². The highest BCUT2D eigenvalue weighted by atomic mass is 35.5. The van der Waals surface area contributed by atoms with Crippen LogP contribution < -0.4 is 10.5 Å². The first-order chi connectivity index (χ1) is 13.6. The quantitative estimate of drug-likeness (QED) is 0.708. The van der Waals surface area contributed by atoms with Crippen molar-refractivity contribution in [1.29, 1.82) is 0 Å². The van der Waals surface area contributed by atoms with Gasteiger partial charge in [0.15, 0.2) is 0 Å². The Morgan fingerprint density at radius 2 is 1.83 bits per heavy atom. The molecule has 9 heteroatoms. The molecule has 0 N–H and O–H groups in total. The zero-order valence-electron chi connectivity index (χ0n) is 16.9. The molecule has 29 heavy (non-hydrogen) atoms. The van der Waals surface area contributed by atoms with Crippen LogP contribution in [0.5, 0.6) is 0 Å². The summed E-state index contributed by atoms with van der Waals surface area (Å²) in [6, 6.07) is 6.72. The van der Waals surface area contributed by atoms with Crippen LogP contribution in [0.25, 0.3) is 5.69 Å². The molecule has 1 fully saturated rings. The number of ether oxygens (including phenoxy) is 1. The summed E-state index contributed by atoms with van der Waals surface area (Å²) in [6.45, 7) is 8.94. The molecule has 1 atom stereocenters. The third-order valence-electron chi connectivity index (χ3n) is 4.56. The molecule has 1 aliphatic heterocycles. The monoisotopic (exact) mass is 438 g/mol. The predicted octanol–water partition coefficient (Wildman–Crippen LogP) is 3.98. The van der Waals surface area contributed by atoms with Crippen LogP contribution in [0.4, 0.5) is 10.5 Å². The summed E-state index contributed by atoms with van der Waals surface area (Å²) in [7, 11) is 0. The molecular weight excluding hydrogens is 415 g/mol. The summed E-state index contributed by atoms with van der Waals surface area (Å²) in [5, 5.41) is 4.94. The standard InChI is InChI=1S/C20H24Cl2N4O3/c1-13-12-24(19(28)29-20(2,3)4)9-10-25(13)16-11-23-26(18(27)17(16)22)15-7-5-14(21)6-8-15/h5-8,11,13H,9-10,12H2,1-4H3. The van der Waals surface area contributed by atoms with E-state index in [1.807, 2.05) is 32.6 Å². The van der Waals surface area contributed by atoms with Crippen LogP contribution in [-0.2, 0) is 4.74 Å². The van der Waals surface area contributed by atoms with E-state index >= 15 is 0 Å². The van der Waals surface area contributed by atoms with Crippen molar-refractivity contribution in [2.75, 3.05) is 24.5 Å². The van der Waals surface area contributed by atoms with E-state index in [2.05, 4.69) is 5.10 Å². The van der Waals surface area contributed by atoms with E-state index in [4.69, 9.17) is 27.9 Å². The zero-order valence-corrected chi connectivity index (χ0v) is 18.4. The summed E-state index contributed by atoms with van der Waals surface area (Å²) < 4.78 is 6.69. The maximum atomic E-state index is 12.8. The molecule has 0 radical (unpaired) electrons. The van der Waals surface area contributed by atoms with Gasteiger partial charge in [0.2, 0.25) is 0 Å². The Labute approximate surface area is 179 Å². The number of anilines is 1. The lowest BCUT2D eigenvalue weighted by atomic mass is 10.1. The molecule has 0 aliphatic carbocycles. The molecule has 1 aromatic heterocycles. The maximum Gasteiger partial charge on any atom is 0.410 e. The van der Waals surface area contributed by atoms with Gasteiger partial charge in [-0.05, 0) is 52.0 Å². The fourth-order valence-corrected chi connectivity index (χ4v) is 3.56. The number of benzene rings is 1. The Morgan fingerprint density at radius 1 is 1.17 bits per heavy atom. The molecule has 3 rings (SSSR count). The third kappa shape index (κ3) is 4.85. The number of carbonyl (C=O) groups excluding carboxylic acids is 1. The highest BCUT2D eigenvalue weighted by molar-refractivity contribution is 6.33. The van der Waals surface area contributed by atoms with Gasteiger partial charge in [0.1, 0.15) is 10.6 Å². The van der Waals surface area contributed by atoms with Gasteiger partial charge < -0.3 is 14.5 Å². The molecule has 156 valence electrons. The van der Waals surface area contributed by atoms with Crippen molar-refractivity contribution < 1.29 is 9.53 Å². The summed E-state index contributed by atoms with van der Waals surface area (Å²) in [6.07, 6.45) is 1.24. The van der Waals surface area contributed by atoms with Crippen molar-refractivity contribution >= 4 is 35.0 Å². The van der Waals surface area contributed by atoms with Crippen molar-refractivity contribution in [3.8, 4) is 5.69 Å². The van der Waals surface area contributed by atoms with Gasteiger partial charge in [0.05, 0.1) is 17.6 Å². The van der Waals surface area contributed by atoms with Gasteiger partial charge >= 0.3 is 6.09 Å². The first-order valence-corrected chi connectivity index (χ1v) is 10.1. The average molecular weight is 439 g/mol. The molecular formula is C20H24Cl2N4O3. The minimum absolute atomic E-state index is 0.0543. The van der Waals surface area contributed by atoms with Crippen LogP contribution in [0.1, 0.15) is 27.7 Å². The molecule has 2 aromatic rings. The first-order valence-electron chi connectivity index (χ1n) is 9.35. The Kier molecular flexibility index (Phi) is 6.10. The highest BCUT2D eigenvalue weighted by Gasteiger charge is 2.31. The summed E-state index contributed by atoms with van der Waals surface area (Å²) >= 11 is 12.3. The molecule has 1 aromatic carbocycles. The van der Waals surface area contributed by atoms with Gasteiger partial charge in [-0.2, -0.15) is 9.78 Å². The lowest BCUT2D eigenvalue weighted by molar-refractivity contribution is 0.0219. The third-order valence-corrected chi connectivity index (χ3v) is 5.17. The van der Waals surface area contributed by atoms with Crippen LogP contribution in [0.2, 0.25) is 10.0 Å². The minimum atomic E-state index is -0.545. The first kappa shape index (κ1) is 21.5. The Bertz CT molecular complexity index is 954. The largest absolute Gasteiger partial charge is 0.444 e. The molecule has 1 aliphatic rings. The number of piperazine rings is 1. The second kappa shape index (κ2) is 8.24. The van der Waals surface area contributed by atoms with Gasteiger partial charge in [-0.3, -0.25) is 4.79 Å². The molecule has 1 saturated heterocycles. The lowest BCUT2D eigenvalue weighted by Gasteiger charge is -2.41. The van der Waals surface area contributed by atoms with Crippen molar-refractivity contribution in [1.82, 2.24) is 14.7 Å². The maximum absolute atomic E-state index is 12.8. The van der Waals surface area contributed by atoms with Gasteiger partial charge in [-0.15, -0.1) is 0 Å². The number of hydrogen-bond donors (Lipinski definition) is 0. The second-order valence-corrected chi connectivity index (χ2v) is 8.82. The van der Waals surface area contributed by atoms with E-state index in [1.165, 1.54) is 4.68 Å². The molecule has 0 saturated carbocycles. The summed E-state index contributed by atoms with van der Waals surface area (Å²) in [5.74, 6) is 0. The van der Waals surface area contributed by atoms with E-state index in [-0.39, 0.29) is 17.2 Å². The Hall–Kier alpha value is -2.25. The van der Waals surface area contributed by atoms with Gasteiger partial charge in [0, 0.05) is 30.7 Å². The van der Waals surface area contributed by atoms with Crippen LogP contribution in [0, 0.1) is 0 Å². The number of amides is 1. The van der Waals surface area contributed by atoms with E-state index in [9.17, 15) is 9.59 Å². The van der Waals surface area contributed by atoms with Crippen molar-refractivity contribution in [2.24, 2.45) is 0 Å². The number of rotatable bonds is 2. The van der Waals surface area contributed by atoms with E-state index < -0.39 is 11.2 Å². The van der Waals surface area contributed by atoms with Crippen molar-refractivity contribution in [2.45, 2.75) is 39.3 Å². The molecule has 7 nitrogen and oxygen atoms in total. The normalized spacial score (nSPS) is 17.4. The number of halogens is 2. The smallest absolute Gasteiger partial charge is 0.410 e. The molecule has 0 spiro atoms. The highest BCUT2D eigenvalue weighted by Crippen LogP contribution is 2.26.